The van der Waals surface area contributed by atoms with Crippen LogP contribution in [0.1, 0.15) is 24.0 Å². The van der Waals surface area contributed by atoms with Crippen molar-refractivity contribution in [1.29, 1.82) is 5.26 Å². The number of nitriles is 1. The van der Waals surface area contributed by atoms with Gasteiger partial charge in [0, 0.05) is 25.0 Å². The minimum absolute atomic E-state index is 0.645. The Balaban J connectivity index is 2.04. The maximum absolute atomic E-state index is 8.71. The van der Waals surface area contributed by atoms with Gasteiger partial charge in [-0.15, -0.1) is 0 Å². The lowest BCUT2D eigenvalue weighted by Crippen LogP contribution is -2.19. The number of aromatic nitrogens is 1. The maximum Gasteiger partial charge on any atom is 0.101 e. The van der Waals surface area contributed by atoms with Crippen molar-refractivity contribution in [3.05, 3.63) is 29.6 Å². The molecule has 14 heavy (non-hydrogen) atoms. The molecule has 1 aromatic rings. The summed E-state index contributed by atoms with van der Waals surface area (Å²) in [5.74, 6) is 0. The van der Waals surface area contributed by atoms with Gasteiger partial charge in [0.1, 0.15) is 6.07 Å². The fourth-order valence-corrected chi connectivity index (χ4v) is 1.57. The third-order valence-electron chi connectivity index (χ3n) is 2.53. The first-order valence-electron chi connectivity index (χ1n) is 4.84. The minimum Gasteiger partial charge on any atom is -0.299 e. The van der Waals surface area contributed by atoms with E-state index in [1.165, 1.54) is 12.8 Å². The van der Waals surface area contributed by atoms with E-state index < -0.39 is 0 Å². The van der Waals surface area contributed by atoms with Gasteiger partial charge >= 0.3 is 0 Å². The average Bonchev–Trinajstić information content (AvgIpc) is 3.01. The Morgan fingerprint density at radius 3 is 3.00 bits per heavy atom. The summed E-state index contributed by atoms with van der Waals surface area (Å²) in [6.45, 7) is 0.896. The van der Waals surface area contributed by atoms with Crippen molar-refractivity contribution in [3.8, 4) is 6.07 Å². The van der Waals surface area contributed by atoms with Crippen LogP contribution in [0.15, 0.2) is 18.5 Å². The molecule has 1 aliphatic carbocycles. The molecule has 0 N–H and O–H groups in total. The standard InChI is InChI=1S/C11H13N3/c1-14(11-2-3-11)8-10-4-9(5-12)6-13-7-10/h4,6-7,11H,2-3,8H2,1H3. The molecule has 72 valence electrons. The van der Waals surface area contributed by atoms with Gasteiger partial charge in [-0.1, -0.05) is 0 Å². The molecule has 3 nitrogen and oxygen atoms in total. The van der Waals surface area contributed by atoms with E-state index in [1.807, 2.05) is 12.3 Å². The van der Waals surface area contributed by atoms with Crippen molar-refractivity contribution in [1.82, 2.24) is 9.88 Å². The maximum atomic E-state index is 8.71. The van der Waals surface area contributed by atoms with E-state index in [4.69, 9.17) is 5.26 Å². The van der Waals surface area contributed by atoms with Gasteiger partial charge in [0.05, 0.1) is 5.56 Å². The molecule has 1 aliphatic rings. The molecular weight excluding hydrogens is 174 g/mol. The molecule has 0 saturated heterocycles. The van der Waals surface area contributed by atoms with Gasteiger partial charge in [-0.3, -0.25) is 9.88 Å². The van der Waals surface area contributed by atoms with Gasteiger partial charge in [0.25, 0.3) is 0 Å². The van der Waals surface area contributed by atoms with Crippen LogP contribution in [-0.2, 0) is 6.54 Å². The first-order valence-corrected chi connectivity index (χ1v) is 4.84. The minimum atomic E-state index is 0.645. The Hall–Kier alpha value is -1.40. The smallest absolute Gasteiger partial charge is 0.101 e. The molecular formula is C11H13N3. The van der Waals surface area contributed by atoms with E-state index in [9.17, 15) is 0 Å². The van der Waals surface area contributed by atoms with Crippen LogP contribution in [0.25, 0.3) is 0 Å². The van der Waals surface area contributed by atoms with Crippen LogP contribution in [0.4, 0.5) is 0 Å². The van der Waals surface area contributed by atoms with Gasteiger partial charge in [-0.05, 0) is 31.5 Å². The summed E-state index contributed by atoms with van der Waals surface area (Å²) in [6, 6.07) is 4.76. The lowest BCUT2D eigenvalue weighted by Gasteiger charge is -2.14. The largest absolute Gasteiger partial charge is 0.299 e. The average molecular weight is 187 g/mol. The number of rotatable bonds is 3. The fraction of sp³-hybridized carbons (Fsp3) is 0.455. The van der Waals surface area contributed by atoms with Crippen molar-refractivity contribution < 1.29 is 0 Å². The Kier molecular flexibility index (Phi) is 2.47. The molecule has 0 aromatic carbocycles. The predicted molar refractivity (Wildman–Crippen MR) is 53.4 cm³/mol. The highest BCUT2D eigenvalue weighted by atomic mass is 15.1. The van der Waals surface area contributed by atoms with E-state index in [-0.39, 0.29) is 0 Å². The Morgan fingerprint density at radius 2 is 2.36 bits per heavy atom. The molecule has 1 saturated carbocycles. The van der Waals surface area contributed by atoms with Crippen LogP contribution >= 0.6 is 0 Å². The summed E-state index contributed by atoms with van der Waals surface area (Å²) in [5, 5.41) is 8.71. The van der Waals surface area contributed by atoms with Gasteiger partial charge in [0.2, 0.25) is 0 Å². The van der Waals surface area contributed by atoms with Gasteiger partial charge < -0.3 is 0 Å². The molecule has 0 bridgehead atoms. The zero-order chi connectivity index (χ0) is 9.97. The molecule has 0 unspecified atom stereocenters. The molecule has 1 heterocycles. The van der Waals surface area contributed by atoms with Gasteiger partial charge in [-0.25, -0.2) is 0 Å². The van der Waals surface area contributed by atoms with Gasteiger partial charge in [-0.2, -0.15) is 5.26 Å². The van der Waals surface area contributed by atoms with Crippen LogP contribution < -0.4 is 0 Å². The Bertz CT molecular complexity index is 363. The number of hydrogen-bond acceptors (Lipinski definition) is 3. The lowest BCUT2D eigenvalue weighted by molar-refractivity contribution is 0.316. The fourth-order valence-electron chi connectivity index (χ4n) is 1.57. The number of nitrogens with zero attached hydrogens (tertiary/aromatic N) is 3. The second-order valence-corrected chi connectivity index (χ2v) is 3.84. The van der Waals surface area contributed by atoms with Gasteiger partial charge in [0.15, 0.2) is 0 Å². The molecule has 0 radical (unpaired) electrons. The Morgan fingerprint density at radius 1 is 1.57 bits per heavy atom. The normalized spacial score (nSPS) is 15.5. The summed E-state index contributed by atoms with van der Waals surface area (Å²) in [7, 11) is 2.12. The van der Waals surface area contributed by atoms with E-state index >= 15 is 0 Å². The monoisotopic (exact) mass is 187 g/mol. The van der Waals surface area contributed by atoms with Crippen molar-refractivity contribution in [2.75, 3.05) is 7.05 Å². The third kappa shape index (κ3) is 2.09. The number of hydrogen-bond donors (Lipinski definition) is 0. The van der Waals surface area contributed by atoms with Crippen LogP contribution in [-0.4, -0.2) is 23.0 Å². The third-order valence-corrected chi connectivity index (χ3v) is 2.53. The first-order chi connectivity index (χ1) is 6.79. The van der Waals surface area contributed by atoms with Crippen LogP contribution in [0.5, 0.6) is 0 Å². The summed E-state index contributed by atoms with van der Waals surface area (Å²) in [6.07, 6.45) is 6.05. The molecule has 1 fully saturated rings. The summed E-state index contributed by atoms with van der Waals surface area (Å²) in [5.41, 5.74) is 1.77. The van der Waals surface area contributed by atoms with Crippen molar-refractivity contribution in [3.63, 3.8) is 0 Å². The second kappa shape index (κ2) is 3.77. The van der Waals surface area contributed by atoms with Crippen molar-refractivity contribution in [2.24, 2.45) is 0 Å². The highest BCUT2D eigenvalue weighted by Crippen LogP contribution is 2.26. The summed E-state index contributed by atoms with van der Waals surface area (Å²) in [4.78, 5) is 6.36. The molecule has 0 atom stereocenters. The SMILES string of the molecule is CN(Cc1cncc(C#N)c1)C1CC1. The zero-order valence-corrected chi connectivity index (χ0v) is 8.27. The van der Waals surface area contributed by atoms with Crippen LogP contribution in [0, 0.1) is 11.3 Å². The highest BCUT2D eigenvalue weighted by molar-refractivity contribution is 5.28. The quantitative estimate of drug-likeness (QED) is 0.720. The topological polar surface area (TPSA) is 39.9 Å². The van der Waals surface area contributed by atoms with Crippen molar-refractivity contribution in [2.45, 2.75) is 25.4 Å². The van der Waals surface area contributed by atoms with E-state index in [0.717, 1.165) is 18.2 Å². The molecule has 0 spiro atoms. The first kappa shape index (κ1) is 9.17. The van der Waals surface area contributed by atoms with E-state index in [1.54, 1.807) is 6.20 Å². The lowest BCUT2D eigenvalue weighted by atomic mass is 10.2. The second-order valence-electron chi connectivity index (χ2n) is 3.84. The Labute approximate surface area is 84.0 Å². The summed E-state index contributed by atoms with van der Waals surface area (Å²) < 4.78 is 0. The molecule has 1 aromatic heterocycles. The predicted octanol–water partition coefficient (Wildman–Crippen LogP) is 1.55. The van der Waals surface area contributed by atoms with E-state index in [2.05, 4.69) is 23.0 Å². The van der Waals surface area contributed by atoms with Crippen LogP contribution in [0.3, 0.4) is 0 Å². The molecule has 2 rings (SSSR count). The van der Waals surface area contributed by atoms with E-state index in [0.29, 0.717) is 5.56 Å². The summed E-state index contributed by atoms with van der Waals surface area (Å²) >= 11 is 0. The molecule has 3 heteroatoms. The molecule has 0 aliphatic heterocycles. The number of pyridine rings is 1. The van der Waals surface area contributed by atoms with Crippen molar-refractivity contribution >= 4 is 0 Å². The highest BCUT2D eigenvalue weighted by Gasteiger charge is 2.25. The van der Waals surface area contributed by atoms with Crippen LogP contribution in [0.2, 0.25) is 0 Å². The molecule has 0 amide bonds. The zero-order valence-electron chi connectivity index (χ0n) is 8.27.